The van der Waals surface area contributed by atoms with E-state index >= 15 is 0 Å². The summed E-state index contributed by atoms with van der Waals surface area (Å²) < 4.78 is 0. The van der Waals surface area contributed by atoms with Crippen LogP contribution in [-0.4, -0.2) is 20.7 Å². The molecule has 0 radical (unpaired) electrons. The molecule has 4 N–H and O–H groups in total. The highest BCUT2D eigenvalue weighted by atomic mass is 16.1. The Labute approximate surface area is 212 Å². The van der Waals surface area contributed by atoms with Crippen LogP contribution in [0.4, 0.5) is 0 Å². The number of aromatic amines is 3. The fourth-order valence-electron chi connectivity index (χ4n) is 6.51. The monoisotopic (exact) mass is 480 g/mol. The number of aromatic nitrogens is 3. The number of ketones is 1. The molecule has 0 amide bonds. The highest BCUT2D eigenvalue weighted by Gasteiger charge is 2.40. The maximum absolute atomic E-state index is 13.5. The number of carbonyl (C=O) groups excluding carboxylic acids is 1. The molecule has 36 heavy (non-hydrogen) atoms. The van der Waals surface area contributed by atoms with E-state index in [4.69, 9.17) is 0 Å². The first-order valence-electron chi connectivity index (χ1n) is 13.3. The summed E-state index contributed by atoms with van der Waals surface area (Å²) in [4.78, 5) is 24.6. The van der Waals surface area contributed by atoms with Crippen molar-refractivity contribution >= 4 is 29.6 Å². The summed E-state index contributed by atoms with van der Waals surface area (Å²) in [5.41, 5.74) is 14.9. The van der Waals surface area contributed by atoms with Gasteiger partial charge in [-0.2, -0.15) is 0 Å². The molecule has 1 fully saturated rings. The zero-order chi connectivity index (χ0) is 25.5. The van der Waals surface area contributed by atoms with E-state index in [0.29, 0.717) is 5.92 Å². The number of hydrogen-bond donors (Lipinski definition) is 4. The summed E-state index contributed by atoms with van der Waals surface area (Å²) in [6.07, 6.45) is 9.65. The van der Waals surface area contributed by atoms with Crippen molar-refractivity contribution < 1.29 is 4.79 Å². The smallest absolute Gasteiger partial charge is 0.172 e. The second-order valence-corrected chi connectivity index (χ2v) is 10.8. The molecule has 0 saturated carbocycles. The highest BCUT2D eigenvalue weighted by Crippen LogP contribution is 2.45. The van der Waals surface area contributed by atoms with Crippen molar-refractivity contribution in [2.45, 2.75) is 67.7 Å². The van der Waals surface area contributed by atoms with Crippen LogP contribution in [0.3, 0.4) is 0 Å². The average Bonchev–Trinajstić information content (AvgIpc) is 3.60. The van der Waals surface area contributed by atoms with E-state index in [2.05, 4.69) is 87.0 Å². The third-order valence-electron chi connectivity index (χ3n) is 8.92. The van der Waals surface area contributed by atoms with E-state index in [9.17, 15) is 4.79 Å². The van der Waals surface area contributed by atoms with Crippen molar-refractivity contribution in [3.63, 3.8) is 0 Å². The normalized spacial score (nSPS) is 25.8. The van der Waals surface area contributed by atoms with Gasteiger partial charge in [-0.05, 0) is 93.0 Å². The minimum Gasteiger partial charge on any atom is -0.362 e. The van der Waals surface area contributed by atoms with Crippen LogP contribution in [0.2, 0.25) is 0 Å². The van der Waals surface area contributed by atoms with Crippen molar-refractivity contribution in [1.82, 2.24) is 20.3 Å². The third-order valence-corrected chi connectivity index (χ3v) is 8.92. The summed E-state index contributed by atoms with van der Waals surface area (Å²) in [6, 6.07) is 0. The fourth-order valence-corrected chi connectivity index (χ4v) is 6.51. The number of carbonyl (C=O) groups is 1. The Morgan fingerprint density at radius 2 is 1.50 bits per heavy atom. The minimum absolute atomic E-state index is 0.144. The maximum Gasteiger partial charge on any atom is 0.172 e. The van der Waals surface area contributed by atoms with Crippen LogP contribution in [0, 0.1) is 39.5 Å². The average molecular weight is 481 g/mol. The summed E-state index contributed by atoms with van der Waals surface area (Å²) in [6.45, 7) is 15.2. The fraction of sp³-hybridized carbons (Fsp3) is 0.387. The summed E-state index contributed by atoms with van der Waals surface area (Å²) in [7, 11) is 0. The van der Waals surface area contributed by atoms with Gasteiger partial charge in [0.05, 0.1) is 5.69 Å². The first-order valence-corrected chi connectivity index (χ1v) is 13.3. The number of fused-ring (bicyclic) bond motifs is 7. The van der Waals surface area contributed by atoms with Gasteiger partial charge in [0.25, 0.3) is 0 Å². The van der Waals surface area contributed by atoms with Crippen LogP contribution >= 0.6 is 0 Å². The van der Waals surface area contributed by atoms with Gasteiger partial charge in [0.15, 0.2) is 5.78 Å². The van der Waals surface area contributed by atoms with Gasteiger partial charge in [0.1, 0.15) is 0 Å². The molecule has 5 heterocycles. The number of H-pyrrole nitrogens is 3. The van der Waals surface area contributed by atoms with Crippen molar-refractivity contribution in [2.24, 2.45) is 11.8 Å². The zero-order valence-corrected chi connectivity index (χ0v) is 22.4. The number of hydrogen-bond acceptors (Lipinski definition) is 2. The molecule has 186 valence electrons. The molecule has 0 spiro atoms. The lowest BCUT2D eigenvalue weighted by Gasteiger charge is -2.15. The molecule has 0 unspecified atom stereocenters. The lowest BCUT2D eigenvalue weighted by atomic mass is 9.92. The van der Waals surface area contributed by atoms with Crippen LogP contribution in [-0.2, 0) is 6.42 Å². The van der Waals surface area contributed by atoms with Gasteiger partial charge in [0.2, 0.25) is 0 Å². The molecule has 8 bridgehead atoms. The number of rotatable bonds is 2. The van der Waals surface area contributed by atoms with E-state index in [-0.39, 0.29) is 11.7 Å². The van der Waals surface area contributed by atoms with Crippen molar-refractivity contribution in [1.29, 1.82) is 0 Å². The Bertz CT molecular complexity index is 1630. The molecule has 1 aliphatic carbocycles. The molecular formula is C31H36N4O. The van der Waals surface area contributed by atoms with Gasteiger partial charge in [-0.15, -0.1) is 0 Å². The number of allylic oxidation sites excluding steroid dienone is 3. The molecule has 5 nitrogen and oxygen atoms in total. The summed E-state index contributed by atoms with van der Waals surface area (Å²) in [5.74, 6) is 0.459. The molecule has 3 aromatic rings. The predicted molar refractivity (Wildman–Crippen MR) is 147 cm³/mol. The Kier molecular flexibility index (Phi) is 5.12. The van der Waals surface area contributed by atoms with Crippen LogP contribution in [0.5, 0.6) is 0 Å². The molecule has 3 aliphatic rings. The molecule has 3 aromatic heterocycles. The van der Waals surface area contributed by atoms with Crippen molar-refractivity contribution in [3.8, 4) is 0 Å². The lowest BCUT2D eigenvalue weighted by molar-refractivity contribution is 0.0965. The van der Waals surface area contributed by atoms with Crippen LogP contribution in [0.25, 0.3) is 23.8 Å². The van der Waals surface area contributed by atoms with E-state index in [0.717, 1.165) is 69.4 Å². The molecule has 1 saturated heterocycles. The predicted octanol–water partition coefficient (Wildman–Crippen LogP) is 5.04. The largest absolute Gasteiger partial charge is 0.362 e. The van der Waals surface area contributed by atoms with Crippen molar-refractivity contribution in [2.75, 3.05) is 0 Å². The summed E-state index contributed by atoms with van der Waals surface area (Å²) in [5, 5.41) is 6.01. The Morgan fingerprint density at radius 3 is 2.19 bits per heavy atom. The molecule has 2 aliphatic heterocycles. The van der Waals surface area contributed by atoms with Crippen LogP contribution < -0.4 is 16.0 Å². The van der Waals surface area contributed by atoms with Gasteiger partial charge >= 0.3 is 0 Å². The summed E-state index contributed by atoms with van der Waals surface area (Å²) >= 11 is 0. The maximum atomic E-state index is 13.5. The van der Waals surface area contributed by atoms with E-state index in [1.165, 1.54) is 33.6 Å². The Balaban J connectivity index is 1.72. The second kappa shape index (κ2) is 8.02. The first kappa shape index (κ1) is 23.0. The lowest BCUT2D eigenvalue weighted by Crippen LogP contribution is -2.15. The Hall–Kier alpha value is -3.47. The minimum atomic E-state index is -0.144. The zero-order valence-electron chi connectivity index (χ0n) is 22.4. The third kappa shape index (κ3) is 3.11. The highest BCUT2D eigenvalue weighted by molar-refractivity contribution is 6.15. The van der Waals surface area contributed by atoms with Gasteiger partial charge in [-0.1, -0.05) is 20.8 Å². The Morgan fingerprint density at radius 1 is 0.833 bits per heavy atom. The van der Waals surface area contributed by atoms with Crippen molar-refractivity contribution in [3.05, 3.63) is 78.2 Å². The van der Waals surface area contributed by atoms with Gasteiger partial charge in [0, 0.05) is 62.1 Å². The van der Waals surface area contributed by atoms with Gasteiger partial charge < -0.3 is 20.3 Å². The molecule has 5 heteroatoms. The van der Waals surface area contributed by atoms with Gasteiger partial charge in [-0.3, -0.25) is 4.79 Å². The SMILES string of the molecule is CCc1c(C)/c2[nH]/c1=C\c1[nH]c3c(c1C)C(=O)[C@H](C)/C3=C1/N/C(=C\c3[nH]c(c(C)c3C)\C=2)C[C@@H]1CC. The van der Waals surface area contributed by atoms with Crippen LogP contribution in [0.15, 0.2) is 11.4 Å². The van der Waals surface area contributed by atoms with E-state index < -0.39 is 0 Å². The van der Waals surface area contributed by atoms with E-state index in [1.807, 2.05) is 0 Å². The van der Waals surface area contributed by atoms with Gasteiger partial charge in [-0.25, -0.2) is 0 Å². The standard InChI is InChI=1S/C31H36N4O/c1-8-19-10-20-11-22-14(3)15(4)23(33-22)12-24-16(5)21(9-2)26(34-24)13-25-17(6)28-30(35-25)27(29(19)32-20)18(7)31(28)36/h11-13,18-19,32-35H,8-10H2,1-7H3/b20-11-,24-12-,26-13-,29-27-/t18-,19+/m1/s1. The first-order chi connectivity index (χ1) is 17.2. The number of Topliss-reactive ketones (excluding diaryl/α,β-unsaturated/α-hetero) is 1. The molecule has 6 rings (SSSR count). The van der Waals surface area contributed by atoms with Crippen LogP contribution in [0.1, 0.15) is 94.6 Å². The molecule has 2 atom stereocenters. The molecular weight excluding hydrogens is 444 g/mol. The second-order valence-electron chi connectivity index (χ2n) is 10.8. The van der Waals surface area contributed by atoms with E-state index in [1.54, 1.807) is 0 Å². The quantitative estimate of drug-likeness (QED) is 0.415. The number of nitrogens with one attached hydrogen (secondary N) is 4. The topological polar surface area (TPSA) is 76.5 Å². The molecule has 0 aromatic carbocycles.